The van der Waals surface area contributed by atoms with Crippen molar-refractivity contribution in [3.8, 4) is 0 Å². The van der Waals surface area contributed by atoms with E-state index in [1.807, 2.05) is 0 Å². The molecule has 2 aromatic rings. The molecule has 0 unspecified atom stereocenters. The highest BCUT2D eigenvalue weighted by atomic mass is 32.2. The molecular weight excluding hydrogens is 473 g/mol. The number of amides is 1. The van der Waals surface area contributed by atoms with Crippen molar-refractivity contribution in [3.63, 3.8) is 0 Å². The van der Waals surface area contributed by atoms with E-state index in [1.165, 1.54) is 59.5 Å². The molecule has 9 nitrogen and oxygen atoms in total. The molecule has 3 rings (SSSR count). The Labute approximate surface area is 192 Å². The normalized spacial score (nSPS) is 16.4. The Kier molecular flexibility index (Phi) is 7.32. The summed E-state index contributed by atoms with van der Waals surface area (Å²) >= 11 is 0. The molecule has 2 aromatic carbocycles. The molecule has 1 N–H and O–H groups in total. The van der Waals surface area contributed by atoms with Gasteiger partial charge in [0.15, 0.2) is 5.78 Å². The molecule has 1 saturated heterocycles. The number of hydrogen-bond acceptors (Lipinski definition) is 6. The van der Waals surface area contributed by atoms with Gasteiger partial charge in [-0.3, -0.25) is 9.59 Å². The van der Waals surface area contributed by atoms with Crippen molar-refractivity contribution in [1.29, 1.82) is 0 Å². The summed E-state index contributed by atoms with van der Waals surface area (Å²) in [5.41, 5.74) is 0.279. The lowest BCUT2D eigenvalue weighted by Crippen LogP contribution is -2.55. The van der Waals surface area contributed by atoms with E-state index in [0.717, 1.165) is 12.1 Å². The molecule has 12 heteroatoms. The fraction of sp³-hybridized carbons (Fsp3) is 0.333. The zero-order chi connectivity index (χ0) is 24.4. The van der Waals surface area contributed by atoms with Crippen LogP contribution >= 0.6 is 0 Å². The maximum atomic E-state index is 13.9. The van der Waals surface area contributed by atoms with Gasteiger partial charge < -0.3 is 4.90 Å². The molecule has 0 aromatic heterocycles. The third-order valence-corrected chi connectivity index (χ3v) is 8.73. The van der Waals surface area contributed by atoms with E-state index in [9.17, 15) is 30.8 Å². The molecule has 1 atom stereocenters. The van der Waals surface area contributed by atoms with Crippen LogP contribution in [0.15, 0.2) is 58.3 Å². The molecule has 0 bridgehead atoms. The molecule has 1 aliphatic rings. The lowest BCUT2D eigenvalue weighted by Gasteiger charge is -2.35. The monoisotopic (exact) mass is 497 g/mol. The second-order valence-corrected chi connectivity index (χ2v) is 11.2. The van der Waals surface area contributed by atoms with Crippen LogP contribution in [0.25, 0.3) is 0 Å². The zero-order valence-corrected chi connectivity index (χ0v) is 19.7. The Morgan fingerprint density at radius 2 is 1.61 bits per heavy atom. The predicted octanol–water partition coefficient (Wildman–Crippen LogP) is 1.23. The number of hydrogen-bond donors (Lipinski definition) is 1. The largest absolute Gasteiger partial charge is 0.339 e. The van der Waals surface area contributed by atoms with E-state index < -0.39 is 42.7 Å². The van der Waals surface area contributed by atoms with Gasteiger partial charge in [-0.15, -0.1) is 0 Å². The number of carbonyl (C=O) groups is 2. The van der Waals surface area contributed by atoms with Gasteiger partial charge in [0.2, 0.25) is 26.0 Å². The first-order valence-electron chi connectivity index (χ1n) is 10.1. The van der Waals surface area contributed by atoms with Gasteiger partial charge in [0.05, 0.1) is 10.9 Å². The average Bonchev–Trinajstić information content (AvgIpc) is 2.78. The molecule has 0 radical (unpaired) electrons. The van der Waals surface area contributed by atoms with Gasteiger partial charge in [-0.05, 0) is 38.1 Å². The van der Waals surface area contributed by atoms with E-state index in [1.54, 1.807) is 0 Å². The standard InChI is InChI=1S/C21H24FN3O6S2/c1-15(23-32(28,29)20-9-4-3-8-19(20)22)21(27)24-10-12-25(13-11-24)33(30,31)18-7-5-6-17(14-18)16(2)26/h3-9,14-15,23H,10-13H2,1-2H3/t15-/m0/s1. The van der Waals surface area contributed by atoms with Crippen molar-refractivity contribution in [2.45, 2.75) is 29.7 Å². The van der Waals surface area contributed by atoms with Crippen molar-refractivity contribution in [2.24, 2.45) is 0 Å². The van der Waals surface area contributed by atoms with Crippen LogP contribution < -0.4 is 4.72 Å². The molecule has 0 spiro atoms. The Morgan fingerprint density at radius 3 is 2.21 bits per heavy atom. The summed E-state index contributed by atoms with van der Waals surface area (Å²) in [6.45, 7) is 2.80. The Bertz CT molecular complexity index is 1270. The van der Waals surface area contributed by atoms with Crippen molar-refractivity contribution < 1.29 is 30.8 Å². The van der Waals surface area contributed by atoms with Crippen LogP contribution in [-0.4, -0.2) is 70.0 Å². The van der Waals surface area contributed by atoms with Crippen LogP contribution in [0, 0.1) is 5.82 Å². The number of piperazine rings is 1. The van der Waals surface area contributed by atoms with Gasteiger partial charge in [-0.25, -0.2) is 21.2 Å². The molecule has 178 valence electrons. The number of rotatable bonds is 7. The van der Waals surface area contributed by atoms with Gasteiger partial charge >= 0.3 is 0 Å². The van der Waals surface area contributed by atoms with Crippen LogP contribution in [-0.2, 0) is 24.8 Å². The number of Topliss-reactive ketones (excluding diaryl/α,β-unsaturated/α-hetero) is 1. The second kappa shape index (κ2) is 9.67. The lowest BCUT2D eigenvalue weighted by molar-refractivity contribution is -0.133. The van der Waals surface area contributed by atoms with Gasteiger partial charge in [0, 0.05) is 31.7 Å². The number of nitrogens with zero attached hydrogens (tertiary/aromatic N) is 2. The first-order valence-corrected chi connectivity index (χ1v) is 13.0. The quantitative estimate of drug-likeness (QED) is 0.575. The fourth-order valence-corrected chi connectivity index (χ4v) is 6.20. The van der Waals surface area contributed by atoms with Gasteiger partial charge in [0.1, 0.15) is 10.7 Å². The van der Waals surface area contributed by atoms with E-state index in [-0.39, 0.29) is 42.4 Å². The third-order valence-electron chi connectivity index (χ3n) is 5.26. The minimum atomic E-state index is -4.26. The van der Waals surface area contributed by atoms with Crippen LogP contribution in [0.1, 0.15) is 24.2 Å². The molecule has 33 heavy (non-hydrogen) atoms. The summed E-state index contributed by atoms with van der Waals surface area (Å²) < 4.78 is 68.0. The van der Waals surface area contributed by atoms with Crippen molar-refractivity contribution in [1.82, 2.24) is 13.9 Å². The lowest BCUT2D eigenvalue weighted by atomic mass is 10.2. The molecule has 0 saturated carbocycles. The van der Waals surface area contributed by atoms with Crippen LogP contribution in [0.4, 0.5) is 4.39 Å². The minimum absolute atomic E-state index is 0.00511. The molecule has 0 aliphatic carbocycles. The predicted molar refractivity (Wildman–Crippen MR) is 118 cm³/mol. The first kappa shape index (κ1) is 25.0. The highest BCUT2D eigenvalue weighted by molar-refractivity contribution is 7.89. The number of carbonyl (C=O) groups excluding carboxylic acids is 2. The van der Waals surface area contributed by atoms with Crippen LogP contribution in [0.2, 0.25) is 0 Å². The van der Waals surface area contributed by atoms with Gasteiger partial charge in [-0.1, -0.05) is 24.3 Å². The highest BCUT2D eigenvalue weighted by Crippen LogP contribution is 2.20. The Hall–Kier alpha value is -2.67. The SMILES string of the molecule is CC(=O)c1cccc(S(=O)(=O)N2CCN(C(=O)[C@H](C)NS(=O)(=O)c3ccccc3F)CC2)c1. The molecule has 1 fully saturated rings. The number of benzene rings is 2. The zero-order valence-electron chi connectivity index (χ0n) is 18.1. The van der Waals surface area contributed by atoms with E-state index in [0.29, 0.717) is 0 Å². The number of ketones is 1. The molecular formula is C21H24FN3O6S2. The number of sulfonamides is 2. The summed E-state index contributed by atoms with van der Waals surface area (Å²) in [7, 11) is -8.13. The van der Waals surface area contributed by atoms with Crippen LogP contribution in [0.5, 0.6) is 0 Å². The summed E-state index contributed by atoms with van der Waals surface area (Å²) in [6, 6.07) is 9.39. The number of nitrogens with one attached hydrogen (secondary N) is 1. The van der Waals surface area contributed by atoms with Crippen molar-refractivity contribution >= 4 is 31.7 Å². The first-order chi connectivity index (χ1) is 15.4. The summed E-state index contributed by atoms with van der Waals surface area (Å²) in [5, 5.41) is 0. The van der Waals surface area contributed by atoms with Gasteiger partial charge in [0.25, 0.3) is 0 Å². The third kappa shape index (κ3) is 5.46. The van der Waals surface area contributed by atoms with Crippen LogP contribution in [0.3, 0.4) is 0 Å². The van der Waals surface area contributed by atoms with Crippen molar-refractivity contribution in [2.75, 3.05) is 26.2 Å². The number of halogens is 1. The maximum absolute atomic E-state index is 13.9. The Morgan fingerprint density at radius 1 is 0.970 bits per heavy atom. The second-order valence-electron chi connectivity index (χ2n) is 7.59. The Balaban J connectivity index is 1.65. The van der Waals surface area contributed by atoms with E-state index >= 15 is 0 Å². The summed E-state index contributed by atoms with van der Waals surface area (Å²) in [5.74, 6) is -1.74. The summed E-state index contributed by atoms with van der Waals surface area (Å²) in [4.78, 5) is 25.1. The van der Waals surface area contributed by atoms with E-state index in [4.69, 9.17) is 0 Å². The smallest absolute Gasteiger partial charge is 0.244 e. The average molecular weight is 498 g/mol. The molecule has 1 amide bonds. The minimum Gasteiger partial charge on any atom is -0.339 e. The highest BCUT2D eigenvalue weighted by Gasteiger charge is 2.33. The van der Waals surface area contributed by atoms with Crippen molar-refractivity contribution in [3.05, 3.63) is 59.9 Å². The van der Waals surface area contributed by atoms with Gasteiger partial charge in [-0.2, -0.15) is 9.03 Å². The van der Waals surface area contributed by atoms with E-state index in [2.05, 4.69) is 4.72 Å². The molecule has 1 heterocycles. The topological polar surface area (TPSA) is 121 Å². The summed E-state index contributed by atoms with van der Waals surface area (Å²) in [6.07, 6.45) is 0. The molecule has 1 aliphatic heterocycles. The maximum Gasteiger partial charge on any atom is 0.244 e. The fourth-order valence-electron chi connectivity index (χ4n) is 3.46.